The molecule has 0 spiro atoms. The van der Waals surface area contributed by atoms with E-state index in [9.17, 15) is 0 Å². The molecule has 0 atom stereocenters. The fraction of sp³-hybridized carbons (Fsp3) is 0.167. The molecule has 0 saturated carbocycles. The first-order chi connectivity index (χ1) is 7.78. The third-order valence-electron chi connectivity index (χ3n) is 2.12. The molecule has 2 rings (SSSR count). The van der Waals surface area contributed by atoms with Crippen LogP contribution in [-0.4, -0.2) is 17.0 Å². The lowest BCUT2D eigenvalue weighted by molar-refractivity contribution is 0.460. The average Bonchev–Trinajstić information content (AvgIpc) is 2.30. The van der Waals surface area contributed by atoms with E-state index in [1.165, 1.54) is 0 Å². The number of anilines is 1. The minimum atomic E-state index is 0.560. The van der Waals surface area contributed by atoms with Crippen molar-refractivity contribution in [2.45, 2.75) is 6.92 Å². The van der Waals surface area contributed by atoms with Gasteiger partial charge in [-0.15, -0.1) is 0 Å². The van der Waals surface area contributed by atoms with E-state index in [1.807, 2.05) is 38.2 Å². The summed E-state index contributed by atoms with van der Waals surface area (Å²) in [6, 6.07) is 9.41. The van der Waals surface area contributed by atoms with Gasteiger partial charge in [-0.1, -0.05) is 0 Å². The molecule has 0 aliphatic rings. The third kappa shape index (κ3) is 2.48. The molecule has 0 fully saturated rings. The van der Waals surface area contributed by atoms with Gasteiger partial charge in [-0.05, 0) is 31.2 Å². The van der Waals surface area contributed by atoms with E-state index < -0.39 is 0 Å². The first-order valence-corrected chi connectivity index (χ1v) is 5.03. The number of nitrogens with zero attached hydrogens (tertiary/aromatic N) is 2. The Hall–Kier alpha value is -2.10. The number of aromatic nitrogens is 2. The largest absolute Gasteiger partial charge is 0.439 e. The molecule has 1 heterocycles. The molecule has 2 aromatic rings. The minimum absolute atomic E-state index is 0.560. The average molecular weight is 215 g/mol. The Morgan fingerprint density at radius 3 is 2.50 bits per heavy atom. The van der Waals surface area contributed by atoms with E-state index in [2.05, 4.69) is 15.3 Å². The molecule has 1 aromatic carbocycles. The quantitative estimate of drug-likeness (QED) is 0.855. The summed E-state index contributed by atoms with van der Waals surface area (Å²) >= 11 is 0. The zero-order valence-electron chi connectivity index (χ0n) is 9.27. The monoisotopic (exact) mass is 215 g/mol. The fourth-order valence-corrected chi connectivity index (χ4v) is 1.30. The van der Waals surface area contributed by atoms with Gasteiger partial charge >= 0.3 is 0 Å². The van der Waals surface area contributed by atoms with E-state index in [4.69, 9.17) is 4.74 Å². The van der Waals surface area contributed by atoms with Crippen molar-refractivity contribution in [2.75, 3.05) is 12.4 Å². The Morgan fingerprint density at radius 1 is 1.12 bits per heavy atom. The van der Waals surface area contributed by atoms with Crippen LogP contribution in [0, 0.1) is 6.92 Å². The van der Waals surface area contributed by atoms with Gasteiger partial charge in [-0.25, -0.2) is 4.98 Å². The zero-order valence-corrected chi connectivity index (χ0v) is 9.27. The maximum absolute atomic E-state index is 5.58. The molecular formula is C12H13N3O. The number of hydrogen-bond donors (Lipinski definition) is 1. The van der Waals surface area contributed by atoms with Crippen LogP contribution in [0.4, 0.5) is 5.69 Å². The van der Waals surface area contributed by atoms with Gasteiger partial charge in [-0.2, -0.15) is 4.98 Å². The molecule has 4 nitrogen and oxygen atoms in total. The highest BCUT2D eigenvalue weighted by molar-refractivity contribution is 5.46. The van der Waals surface area contributed by atoms with Crippen molar-refractivity contribution in [1.82, 2.24) is 9.97 Å². The summed E-state index contributed by atoms with van der Waals surface area (Å²) in [5.74, 6) is 2.02. The second kappa shape index (κ2) is 4.61. The Kier molecular flexibility index (Phi) is 3.00. The molecule has 82 valence electrons. The van der Waals surface area contributed by atoms with Crippen LogP contribution in [-0.2, 0) is 0 Å². The van der Waals surface area contributed by atoms with Crippen LogP contribution in [0.1, 0.15) is 5.82 Å². The predicted octanol–water partition coefficient (Wildman–Crippen LogP) is 2.62. The van der Waals surface area contributed by atoms with E-state index in [0.717, 1.165) is 11.4 Å². The maximum atomic E-state index is 5.58. The third-order valence-corrected chi connectivity index (χ3v) is 2.12. The molecule has 0 aliphatic heterocycles. The Morgan fingerprint density at radius 2 is 1.88 bits per heavy atom. The first-order valence-electron chi connectivity index (χ1n) is 5.03. The molecular weight excluding hydrogens is 202 g/mol. The summed E-state index contributed by atoms with van der Waals surface area (Å²) in [5, 5.41) is 3.05. The summed E-state index contributed by atoms with van der Waals surface area (Å²) in [6.07, 6.45) is 1.68. The highest BCUT2D eigenvalue weighted by Crippen LogP contribution is 2.20. The molecule has 0 radical (unpaired) electrons. The zero-order chi connectivity index (χ0) is 11.4. The topological polar surface area (TPSA) is 47.0 Å². The van der Waals surface area contributed by atoms with Crippen LogP contribution < -0.4 is 10.1 Å². The van der Waals surface area contributed by atoms with Gasteiger partial charge in [0.2, 0.25) is 5.88 Å². The standard InChI is InChI=1S/C12H13N3O/c1-9-14-8-7-12(15-9)16-11-5-3-10(13-2)4-6-11/h3-8,13H,1-2H3. The number of nitrogens with one attached hydrogen (secondary N) is 1. The van der Waals surface area contributed by atoms with Crippen LogP contribution in [0.5, 0.6) is 11.6 Å². The van der Waals surface area contributed by atoms with Crippen molar-refractivity contribution in [3.05, 3.63) is 42.4 Å². The Balaban J connectivity index is 2.14. The van der Waals surface area contributed by atoms with Crippen molar-refractivity contribution in [3.8, 4) is 11.6 Å². The highest BCUT2D eigenvalue weighted by Gasteiger charge is 1.99. The fourth-order valence-electron chi connectivity index (χ4n) is 1.30. The van der Waals surface area contributed by atoms with Crippen LogP contribution >= 0.6 is 0 Å². The van der Waals surface area contributed by atoms with Crippen LogP contribution in [0.15, 0.2) is 36.5 Å². The van der Waals surface area contributed by atoms with Crippen molar-refractivity contribution in [1.29, 1.82) is 0 Å². The molecule has 0 bridgehead atoms. The predicted molar refractivity (Wildman–Crippen MR) is 62.8 cm³/mol. The van der Waals surface area contributed by atoms with Gasteiger partial charge in [0.25, 0.3) is 0 Å². The molecule has 0 amide bonds. The first kappa shape index (κ1) is 10.4. The molecule has 4 heteroatoms. The summed E-state index contributed by atoms with van der Waals surface area (Å²) < 4.78 is 5.58. The molecule has 0 saturated heterocycles. The lowest BCUT2D eigenvalue weighted by Crippen LogP contribution is -1.92. The van der Waals surface area contributed by atoms with Gasteiger partial charge < -0.3 is 10.1 Å². The van der Waals surface area contributed by atoms with Gasteiger partial charge in [0.1, 0.15) is 11.6 Å². The van der Waals surface area contributed by atoms with Crippen molar-refractivity contribution in [3.63, 3.8) is 0 Å². The van der Waals surface area contributed by atoms with Gasteiger partial charge in [0.05, 0.1) is 0 Å². The lowest BCUT2D eigenvalue weighted by Gasteiger charge is -2.05. The van der Waals surface area contributed by atoms with E-state index in [1.54, 1.807) is 12.3 Å². The smallest absolute Gasteiger partial charge is 0.222 e. The van der Waals surface area contributed by atoms with E-state index in [-0.39, 0.29) is 0 Å². The minimum Gasteiger partial charge on any atom is -0.439 e. The summed E-state index contributed by atoms with van der Waals surface area (Å²) in [5.41, 5.74) is 1.05. The van der Waals surface area contributed by atoms with E-state index >= 15 is 0 Å². The van der Waals surface area contributed by atoms with Crippen molar-refractivity contribution in [2.24, 2.45) is 0 Å². The lowest BCUT2D eigenvalue weighted by atomic mass is 10.3. The molecule has 16 heavy (non-hydrogen) atoms. The Bertz CT molecular complexity index is 468. The number of ether oxygens (including phenoxy) is 1. The van der Waals surface area contributed by atoms with Gasteiger partial charge in [0.15, 0.2) is 0 Å². The van der Waals surface area contributed by atoms with Crippen LogP contribution in [0.2, 0.25) is 0 Å². The number of aryl methyl sites for hydroxylation is 1. The number of benzene rings is 1. The summed E-state index contributed by atoms with van der Waals surface area (Å²) in [7, 11) is 1.88. The van der Waals surface area contributed by atoms with E-state index in [0.29, 0.717) is 11.7 Å². The van der Waals surface area contributed by atoms with Crippen LogP contribution in [0.25, 0.3) is 0 Å². The Labute approximate surface area is 94.3 Å². The van der Waals surface area contributed by atoms with Crippen molar-refractivity contribution < 1.29 is 4.74 Å². The highest BCUT2D eigenvalue weighted by atomic mass is 16.5. The van der Waals surface area contributed by atoms with Crippen LogP contribution in [0.3, 0.4) is 0 Å². The molecule has 1 N–H and O–H groups in total. The second-order valence-electron chi connectivity index (χ2n) is 3.32. The molecule has 0 unspecified atom stereocenters. The second-order valence-corrected chi connectivity index (χ2v) is 3.32. The van der Waals surface area contributed by atoms with Gasteiger partial charge in [0, 0.05) is 25.0 Å². The normalized spacial score (nSPS) is 9.88. The SMILES string of the molecule is CNc1ccc(Oc2ccnc(C)n2)cc1. The number of rotatable bonds is 3. The summed E-state index contributed by atoms with van der Waals surface area (Å²) in [6.45, 7) is 1.83. The molecule has 1 aromatic heterocycles. The van der Waals surface area contributed by atoms with Crippen molar-refractivity contribution >= 4 is 5.69 Å². The summed E-state index contributed by atoms with van der Waals surface area (Å²) in [4.78, 5) is 8.17. The maximum Gasteiger partial charge on any atom is 0.222 e. The van der Waals surface area contributed by atoms with Gasteiger partial charge in [-0.3, -0.25) is 0 Å². The molecule has 0 aliphatic carbocycles. The number of hydrogen-bond acceptors (Lipinski definition) is 4.